The van der Waals surface area contributed by atoms with Gasteiger partial charge in [0.2, 0.25) is 0 Å². The Balaban J connectivity index is 1.81. The lowest BCUT2D eigenvalue weighted by atomic mass is 10.2. The van der Waals surface area contributed by atoms with Gasteiger partial charge in [0, 0.05) is 35.7 Å². The Morgan fingerprint density at radius 2 is 2.14 bits per heavy atom. The van der Waals surface area contributed by atoms with E-state index in [2.05, 4.69) is 23.9 Å². The van der Waals surface area contributed by atoms with Crippen molar-refractivity contribution in [2.24, 2.45) is 10.9 Å². The first-order chi connectivity index (χ1) is 10.1. The maximum Gasteiger partial charge on any atom is 0.170 e. The molecule has 0 amide bonds. The summed E-state index contributed by atoms with van der Waals surface area (Å²) in [6.45, 7) is 7.30. The number of nitrogens with two attached hydrogens (primary N) is 1. The van der Waals surface area contributed by atoms with Gasteiger partial charge in [-0.05, 0) is 31.2 Å². The van der Waals surface area contributed by atoms with Gasteiger partial charge >= 0.3 is 0 Å². The molecular formula is C15H23N3O2S. The number of benzene rings is 1. The van der Waals surface area contributed by atoms with Crippen LogP contribution in [0.2, 0.25) is 0 Å². The lowest BCUT2D eigenvalue weighted by molar-refractivity contribution is 0.170. The zero-order chi connectivity index (χ0) is 15.2. The summed E-state index contributed by atoms with van der Waals surface area (Å²) in [6, 6.07) is 7.84. The second kappa shape index (κ2) is 7.56. The van der Waals surface area contributed by atoms with Crippen LogP contribution in [0.3, 0.4) is 0 Å². The molecule has 2 unspecified atom stereocenters. The molecule has 1 fully saturated rings. The molecule has 1 heterocycles. The van der Waals surface area contributed by atoms with Crippen LogP contribution >= 0.6 is 11.8 Å². The van der Waals surface area contributed by atoms with E-state index in [1.165, 1.54) is 5.75 Å². The Hall–Kier alpha value is -1.40. The summed E-state index contributed by atoms with van der Waals surface area (Å²) in [5.41, 5.74) is 6.20. The third kappa shape index (κ3) is 4.28. The normalized spacial score (nSPS) is 24.0. The van der Waals surface area contributed by atoms with Gasteiger partial charge in [-0.3, -0.25) is 4.90 Å². The third-order valence-corrected chi connectivity index (χ3v) is 5.26. The average molecular weight is 309 g/mol. The summed E-state index contributed by atoms with van der Waals surface area (Å²) >= 11 is 2.04. The number of hydrogen-bond acceptors (Lipinski definition) is 5. The molecule has 2 rings (SSSR count). The molecule has 1 aliphatic rings. The van der Waals surface area contributed by atoms with Crippen LogP contribution in [-0.4, -0.2) is 52.7 Å². The van der Waals surface area contributed by atoms with Gasteiger partial charge in [0.1, 0.15) is 12.4 Å². The molecule has 0 aromatic heterocycles. The highest BCUT2D eigenvalue weighted by molar-refractivity contribution is 8.00. The molecule has 1 saturated heterocycles. The number of oxime groups is 1. The molecule has 116 valence electrons. The van der Waals surface area contributed by atoms with Crippen molar-refractivity contribution in [3.63, 3.8) is 0 Å². The highest BCUT2D eigenvalue weighted by Crippen LogP contribution is 2.23. The van der Waals surface area contributed by atoms with Crippen LogP contribution in [0.15, 0.2) is 29.4 Å². The minimum Gasteiger partial charge on any atom is -0.492 e. The van der Waals surface area contributed by atoms with Crippen molar-refractivity contribution in [1.82, 2.24) is 4.90 Å². The molecule has 21 heavy (non-hydrogen) atoms. The molecule has 0 aliphatic carbocycles. The van der Waals surface area contributed by atoms with E-state index in [4.69, 9.17) is 15.7 Å². The summed E-state index contributed by atoms with van der Waals surface area (Å²) < 4.78 is 5.77. The lowest BCUT2D eigenvalue weighted by Crippen LogP contribution is -2.46. The highest BCUT2D eigenvalue weighted by atomic mass is 32.2. The predicted molar refractivity (Wildman–Crippen MR) is 87.4 cm³/mol. The Morgan fingerprint density at radius 1 is 1.43 bits per heavy atom. The largest absolute Gasteiger partial charge is 0.492 e. The molecule has 1 aliphatic heterocycles. The Kier molecular flexibility index (Phi) is 5.76. The maximum absolute atomic E-state index is 8.61. The second-order valence-corrected chi connectivity index (χ2v) is 6.70. The van der Waals surface area contributed by atoms with Crippen molar-refractivity contribution in [3.05, 3.63) is 29.8 Å². The Bertz CT molecular complexity index is 478. The molecule has 0 bridgehead atoms. The van der Waals surface area contributed by atoms with E-state index in [0.29, 0.717) is 23.5 Å². The van der Waals surface area contributed by atoms with Crippen molar-refractivity contribution < 1.29 is 9.94 Å². The van der Waals surface area contributed by atoms with Crippen LogP contribution in [0.25, 0.3) is 0 Å². The number of amidine groups is 1. The van der Waals surface area contributed by atoms with Gasteiger partial charge in [-0.1, -0.05) is 12.1 Å². The van der Waals surface area contributed by atoms with Crippen LogP contribution in [0, 0.1) is 0 Å². The van der Waals surface area contributed by atoms with Crippen LogP contribution in [-0.2, 0) is 0 Å². The van der Waals surface area contributed by atoms with Crippen LogP contribution in [0.1, 0.15) is 19.4 Å². The molecule has 5 nitrogen and oxygen atoms in total. The van der Waals surface area contributed by atoms with Crippen molar-refractivity contribution in [2.75, 3.05) is 25.4 Å². The van der Waals surface area contributed by atoms with E-state index >= 15 is 0 Å². The number of hydrogen-bond donors (Lipinski definition) is 2. The van der Waals surface area contributed by atoms with Crippen LogP contribution in [0.5, 0.6) is 5.75 Å². The number of rotatable bonds is 5. The molecule has 1 aromatic rings. The summed E-state index contributed by atoms with van der Waals surface area (Å²) in [4.78, 5) is 2.48. The first-order valence-electron chi connectivity index (χ1n) is 7.18. The minimum absolute atomic E-state index is 0.107. The van der Waals surface area contributed by atoms with Crippen molar-refractivity contribution in [3.8, 4) is 5.75 Å². The topological polar surface area (TPSA) is 71.1 Å². The van der Waals surface area contributed by atoms with E-state index < -0.39 is 0 Å². The SMILES string of the molecule is CC1SCCN(CCOc2ccc(/C(N)=N/O)cc2)C1C. The molecule has 0 spiro atoms. The third-order valence-electron chi connectivity index (χ3n) is 3.92. The molecule has 6 heteroatoms. The minimum atomic E-state index is 0.107. The maximum atomic E-state index is 8.61. The van der Waals surface area contributed by atoms with Crippen molar-refractivity contribution in [1.29, 1.82) is 0 Å². The fraction of sp³-hybridized carbons (Fsp3) is 0.533. The second-order valence-electron chi connectivity index (χ2n) is 5.21. The van der Waals surface area contributed by atoms with Crippen LogP contribution < -0.4 is 10.5 Å². The molecule has 0 saturated carbocycles. The molecule has 3 N–H and O–H groups in total. The average Bonchev–Trinajstić information content (AvgIpc) is 2.51. The lowest BCUT2D eigenvalue weighted by Gasteiger charge is -2.37. The van der Waals surface area contributed by atoms with E-state index in [1.807, 2.05) is 23.9 Å². The zero-order valence-electron chi connectivity index (χ0n) is 12.5. The first-order valence-corrected chi connectivity index (χ1v) is 8.23. The molecule has 0 radical (unpaired) electrons. The monoisotopic (exact) mass is 309 g/mol. The van der Waals surface area contributed by atoms with E-state index in [0.717, 1.165) is 18.8 Å². The van der Waals surface area contributed by atoms with Crippen molar-refractivity contribution >= 4 is 17.6 Å². The van der Waals surface area contributed by atoms with Gasteiger partial charge in [0.15, 0.2) is 5.84 Å². The quantitative estimate of drug-likeness (QED) is 0.377. The van der Waals surface area contributed by atoms with Gasteiger partial charge in [0.05, 0.1) is 0 Å². The van der Waals surface area contributed by atoms with Gasteiger partial charge in [0.25, 0.3) is 0 Å². The predicted octanol–water partition coefficient (Wildman–Crippen LogP) is 1.99. The summed E-state index contributed by atoms with van der Waals surface area (Å²) in [7, 11) is 0. The fourth-order valence-electron chi connectivity index (χ4n) is 2.37. The molecular weight excluding hydrogens is 286 g/mol. The molecule has 2 atom stereocenters. The van der Waals surface area contributed by atoms with E-state index in [9.17, 15) is 0 Å². The van der Waals surface area contributed by atoms with Crippen LogP contribution in [0.4, 0.5) is 0 Å². The highest BCUT2D eigenvalue weighted by Gasteiger charge is 2.24. The summed E-state index contributed by atoms with van der Waals surface area (Å²) in [5.74, 6) is 2.10. The van der Waals surface area contributed by atoms with Gasteiger partial charge in [-0.2, -0.15) is 11.8 Å². The number of nitrogens with zero attached hydrogens (tertiary/aromatic N) is 2. The number of thioether (sulfide) groups is 1. The van der Waals surface area contributed by atoms with Gasteiger partial charge < -0.3 is 15.7 Å². The summed E-state index contributed by atoms with van der Waals surface area (Å²) in [5, 5.41) is 12.3. The molecule has 1 aromatic carbocycles. The fourth-order valence-corrected chi connectivity index (χ4v) is 3.53. The first kappa shape index (κ1) is 16.0. The zero-order valence-corrected chi connectivity index (χ0v) is 13.3. The van der Waals surface area contributed by atoms with Gasteiger partial charge in [-0.25, -0.2) is 0 Å². The van der Waals surface area contributed by atoms with E-state index in [-0.39, 0.29) is 5.84 Å². The Morgan fingerprint density at radius 3 is 2.81 bits per heavy atom. The number of ether oxygens (including phenoxy) is 1. The van der Waals surface area contributed by atoms with Crippen molar-refractivity contribution in [2.45, 2.75) is 25.1 Å². The van der Waals surface area contributed by atoms with E-state index in [1.54, 1.807) is 12.1 Å². The Labute approximate surface area is 130 Å². The summed E-state index contributed by atoms with van der Waals surface area (Å²) in [6.07, 6.45) is 0. The standard InChI is InChI=1S/C15H23N3O2S/c1-11-12(2)21-10-8-18(11)7-9-20-14-5-3-13(4-6-14)15(16)17-19/h3-6,11-12,19H,7-10H2,1-2H3,(H2,16,17). The smallest absolute Gasteiger partial charge is 0.170 e. The van der Waals surface area contributed by atoms with Gasteiger partial charge in [-0.15, -0.1) is 0 Å².